The number of nitrogens with zero attached hydrogens (tertiary/aromatic N) is 1. The predicted molar refractivity (Wildman–Crippen MR) is 53.4 cm³/mol. The summed E-state index contributed by atoms with van der Waals surface area (Å²) in [6, 6.07) is 2.63. The molecule has 16 heavy (non-hydrogen) atoms. The normalized spacial score (nSPS) is 10.9. The maximum atomic E-state index is 13.1. The van der Waals surface area contributed by atoms with E-state index in [0.717, 1.165) is 0 Å². The maximum Gasteiger partial charge on any atom is 0.328 e. The Kier molecular flexibility index (Phi) is 3.22. The summed E-state index contributed by atoms with van der Waals surface area (Å²) in [6.45, 7) is 2.61. The number of aliphatic carboxylic acids is 1. The smallest absolute Gasteiger partial charge is 0.328 e. The van der Waals surface area contributed by atoms with Crippen LogP contribution in [0.4, 0.5) is 4.39 Å². The Balaban J connectivity index is 2.89. The van der Waals surface area contributed by atoms with Crippen LogP contribution in [0.2, 0.25) is 0 Å². The van der Waals surface area contributed by atoms with Crippen molar-refractivity contribution in [3.63, 3.8) is 0 Å². The van der Waals surface area contributed by atoms with Crippen LogP contribution in [0.25, 0.3) is 0 Å². The van der Waals surface area contributed by atoms with E-state index in [-0.39, 0.29) is 5.56 Å². The summed E-state index contributed by atoms with van der Waals surface area (Å²) in [5.74, 6) is -2.94. The quantitative estimate of drug-likeness (QED) is 0.747. The number of amides is 1. The fourth-order valence-corrected chi connectivity index (χ4v) is 0.960. The first-order valence-corrected chi connectivity index (χ1v) is 4.51. The molecular weight excluding hydrogens is 215 g/mol. The van der Waals surface area contributed by atoms with Gasteiger partial charge in [0.15, 0.2) is 0 Å². The molecule has 5 nitrogen and oxygen atoms in total. The lowest BCUT2D eigenvalue weighted by molar-refractivity contribution is -0.143. The fraction of sp³-hybridized carbons (Fsp3) is 0.300. The molecule has 0 saturated carbocycles. The molecule has 2 N–H and O–H groups in total. The maximum absolute atomic E-state index is 13.1. The average molecular weight is 226 g/mol. The second-order valence-corrected chi connectivity index (χ2v) is 3.73. The highest BCUT2D eigenvalue weighted by molar-refractivity contribution is 5.97. The van der Waals surface area contributed by atoms with Crippen LogP contribution in [0, 0.1) is 5.95 Å². The van der Waals surface area contributed by atoms with Gasteiger partial charge >= 0.3 is 5.97 Å². The first kappa shape index (κ1) is 12.1. The molecule has 0 aliphatic carbocycles. The molecule has 1 amide bonds. The van der Waals surface area contributed by atoms with Gasteiger partial charge in [-0.25, -0.2) is 9.78 Å². The van der Waals surface area contributed by atoms with Crippen LogP contribution in [0.15, 0.2) is 18.3 Å². The number of rotatable bonds is 3. The monoisotopic (exact) mass is 226 g/mol. The Morgan fingerprint density at radius 1 is 1.50 bits per heavy atom. The SMILES string of the molecule is CC(C)(NC(=O)c1cccnc1F)C(=O)O. The van der Waals surface area contributed by atoms with E-state index >= 15 is 0 Å². The molecule has 0 spiro atoms. The molecule has 86 valence electrons. The Morgan fingerprint density at radius 2 is 2.12 bits per heavy atom. The average Bonchev–Trinajstić information content (AvgIpc) is 2.17. The van der Waals surface area contributed by atoms with Crippen LogP contribution in [-0.4, -0.2) is 27.5 Å². The molecule has 1 rings (SSSR count). The third-order valence-electron chi connectivity index (χ3n) is 1.96. The van der Waals surface area contributed by atoms with Crippen molar-refractivity contribution in [2.75, 3.05) is 0 Å². The summed E-state index contributed by atoms with van der Waals surface area (Å²) >= 11 is 0. The number of hydrogen-bond acceptors (Lipinski definition) is 3. The molecule has 0 bridgehead atoms. The van der Waals surface area contributed by atoms with Gasteiger partial charge in [0, 0.05) is 6.20 Å². The van der Waals surface area contributed by atoms with Crippen LogP contribution >= 0.6 is 0 Å². The first-order valence-electron chi connectivity index (χ1n) is 4.51. The summed E-state index contributed by atoms with van der Waals surface area (Å²) < 4.78 is 13.1. The molecule has 1 aromatic heterocycles. The molecule has 1 aromatic rings. The lowest BCUT2D eigenvalue weighted by Gasteiger charge is -2.20. The molecule has 0 aliphatic heterocycles. The van der Waals surface area contributed by atoms with E-state index in [4.69, 9.17) is 5.11 Å². The van der Waals surface area contributed by atoms with E-state index in [0.29, 0.717) is 0 Å². The summed E-state index contributed by atoms with van der Waals surface area (Å²) in [5, 5.41) is 11.0. The van der Waals surface area contributed by atoms with Crippen LogP contribution in [0.5, 0.6) is 0 Å². The van der Waals surface area contributed by atoms with Gasteiger partial charge in [0.2, 0.25) is 5.95 Å². The lowest BCUT2D eigenvalue weighted by Crippen LogP contribution is -2.49. The van der Waals surface area contributed by atoms with Crippen molar-refractivity contribution in [1.29, 1.82) is 0 Å². The second-order valence-electron chi connectivity index (χ2n) is 3.73. The van der Waals surface area contributed by atoms with Crippen LogP contribution in [-0.2, 0) is 4.79 Å². The largest absolute Gasteiger partial charge is 0.480 e. The number of hydrogen-bond donors (Lipinski definition) is 2. The highest BCUT2D eigenvalue weighted by Gasteiger charge is 2.30. The molecule has 6 heteroatoms. The zero-order valence-corrected chi connectivity index (χ0v) is 8.82. The van der Waals surface area contributed by atoms with Crippen molar-refractivity contribution in [2.45, 2.75) is 19.4 Å². The fourth-order valence-electron chi connectivity index (χ4n) is 0.960. The summed E-state index contributed by atoms with van der Waals surface area (Å²) in [6.07, 6.45) is 1.20. The first-order chi connectivity index (χ1) is 7.34. The summed E-state index contributed by atoms with van der Waals surface area (Å²) in [7, 11) is 0. The highest BCUT2D eigenvalue weighted by Crippen LogP contribution is 2.07. The number of aromatic nitrogens is 1. The van der Waals surface area contributed by atoms with Crippen LogP contribution < -0.4 is 5.32 Å². The highest BCUT2D eigenvalue weighted by atomic mass is 19.1. The van der Waals surface area contributed by atoms with Crippen molar-refractivity contribution < 1.29 is 19.1 Å². The second kappa shape index (κ2) is 4.26. The number of halogens is 1. The van der Waals surface area contributed by atoms with Crippen molar-refractivity contribution in [3.8, 4) is 0 Å². The molecule has 0 fully saturated rings. The van der Waals surface area contributed by atoms with Gasteiger partial charge in [-0.05, 0) is 26.0 Å². The van der Waals surface area contributed by atoms with Crippen molar-refractivity contribution in [2.24, 2.45) is 0 Å². The number of carboxylic acid groups (broad SMARTS) is 1. The minimum absolute atomic E-state index is 0.281. The number of carbonyl (C=O) groups is 2. The van der Waals surface area contributed by atoms with Gasteiger partial charge in [0.05, 0.1) is 5.56 Å². The predicted octanol–water partition coefficient (Wildman–Crippen LogP) is 0.814. The number of carbonyl (C=O) groups excluding carboxylic acids is 1. The molecule has 0 saturated heterocycles. The lowest BCUT2D eigenvalue weighted by atomic mass is 10.1. The molecular formula is C10H11FN2O3. The number of pyridine rings is 1. The zero-order chi connectivity index (χ0) is 12.3. The van der Waals surface area contributed by atoms with E-state index in [1.54, 1.807) is 0 Å². The van der Waals surface area contributed by atoms with E-state index < -0.39 is 23.4 Å². The van der Waals surface area contributed by atoms with Gasteiger partial charge in [-0.3, -0.25) is 4.79 Å². The number of carboxylic acids is 1. The van der Waals surface area contributed by atoms with Crippen molar-refractivity contribution in [1.82, 2.24) is 10.3 Å². The Labute approximate surface area is 91.3 Å². The topological polar surface area (TPSA) is 79.3 Å². The summed E-state index contributed by atoms with van der Waals surface area (Å²) in [4.78, 5) is 25.6. The molecule has 0 aliphatic rings. The minimum Gasteiger partial charge on any atom is -0.480 e. The zero-order valence-electron chi connectivity index (χ0n) is 8.82. The van der Waals surface area contributed by atoms with Gasteiger partial charge in [-0.15, -0.1) is 0 Å². The Morgan fingerprint density at radius 3 is 2.62 bits per heavy atom. The van der Waals surface area contributed by atoms with Crippen LogP contribution in [0.3, 0.4) is 0 Å². The molecule has 0 unspecified atom stereocenters. The molecule has 1 heterocycles. The third kappa shape index (κ3) is 2.53. The van der Waals surface area contributed by atoms with E-state index in [1.807, 2.05) is 0 Å². The molecule has 0 radical (unpaired) electrons. The Bertz CT molecular complexity index is 432. The number of nitrogens with one attached hydrogen (secondary N) is 1. The van der Waals surface area contributed by atoms with E-state index in [1.165, 1.54) is 32.2 Å². The minimum atomic E-state index is -1.46. The van der Waals surface area contributed by atoms with Crippen LogP contribution in [0.1, 0.15) is 24.2 Å². The van der Waals surface area contributed by atoms with Gasteiger partial charge in [0.25, 0.3) is 5.91 Å². The van der Waals surface area contributed by atoms with Gasteiger partial charge in [-0.2, -0.15) is 4.39 Å². The van der Waals surface area contributed by atoms with E-state index in [2.05, 4.69) is 10.3 Å². The van der Waals surface area contributed by atoms with E-state index in [9.17, 15) is 14.0 Å². The standard InChI is InChI=1S/C10H11FN2O3/c1-10(2,9(15)16)13-8(14)6-4-3-5-12-7(6)11/h3-5H,1-2H3,(H,13,14)(H,15,16). The van der Waals surface area contributed by atoms with Gasteiger partial charge in [-0.1, -0.05) is 0 Å². The third-order valence-corrected chi connectivity index (χ3v) is 1.96. The molecule has 0 aromatic carbocycles. The van der Waals surface area contributed by atoms with Crippen molar-refractivity contribution in [3.05, 3.63) is 29.8 Å². The van der Waals surface area contributed by atoms with Gasteiger partial charge in [0.1, 0.15) is 5.54 Å². The van der Waals surface area contributed by atoms with Crippen molar-refractivity contribution >= 4 is 11.9 Å². The summed E-state index contributed by atoms with van der Waals surface area (Å²) in [5.41, 5.74) is -1.74. The van der Waals surface area contributed by atoms with Gasteiger partial charge < -0.3 is 10.4 Å². The molecule has 0 atom stereocenters. The Hall–Kier alpha value is -1.98.